The average Bonchev–Trinajstić information content (AvgIpc) is 3.21. The van der Waals surface area contributed by atoms with E-state index in [0.717, 1.165) is 10.6 Å². The first-order valence-corrected chi connectivity index (χ1v) is 8.13. The van der Waals surface area contributed by atoms with Gasteiger partial charge in [-0.25, -0.2) is 4.79 Å². The Hall–Kier alpha value is -2.60. The predicted octanol–water partition coefficient (Wildman–Crippen LogP) is 2.90. The maximum absolute atomic E-state index is 11.8. The zero-order valence-electron chi connectivity index (χ0n) is 12.3. The van der Waals surface area contributed by atoms with E-state index in [2.05, 4.69) is 5.32 Å². The summed E-state index contributed by atoms with van der Waals surface area (Å²) in [5.41, 5.74) is 0.957. The van der Waals surface area contributed by atoms with Gasteiger partial charge < -0.3 is 10.1 Å². The van der Waals surface area contributed by atoms with Crippen molar-refractivity contribution >= 4 is 34.4 Å². The summed E-state index contributed by atoms with van der Waals surface area (Å²) in [5.74, 6) is -0.209. The van der Waals surface area contributed by atoms with Gasteiger partial charge in [0, 0.05) is 6.08 Å². The van der Waals surface area contributed by atoms with Gasteiger partial charge in [0.2, 0.25) is 5.91 Å². The molecule has 1 aromatic heterocycles. The van der Waals surface area contributed by atoms with Crippen molar-refractivity contribution in [3.63, 3.8) is 0 Å². The molecule has 1 aliphatic rings. The molecule has 1 aliphatic heterocycles. The fourth-order valence-corrected chi connectivity index (χ4v) is 2.97. The Morgan fingerprint density at radius 3 is 2.87 bits per heavy atom. The van der Waals surface area contributed by atoms with Crippen LogP contribution in [0.15, 0.2) is 53.9 Å². The van der Waals surface area contributed by atoms with E-state index in [4.69, 9.17) is 4.74 Å². The van der Waals surface area contributed by atoms with E-state index in [9.17, 15) is 9.59 Å². The summed E-state index contributed by atoms with van der Waals surface area (Å²) in [5, 5.41) is 5.52. The van der Waals surface area contributed by atoms with Gasteiger partial charge in [-0.05, 0) is 29.2 Å². The molecule has 1 unspecified atom stereocenters. The number of amides is 2. The molecule has 0 radical (unpaired) electrons. The number of cyclic esters (lactones) is 1. The molecule has 1 N–H and O–H groups in total. The van der Waals surface area contributed by atoms with Gasteiger partial charge in [-0.1, -0.05) is 30.3 Å². The number of thiophene rings is 1. The molecule has 0 bridgehead atoms. The smallest absolute Gasteiger partial charge is 0.415 e. The molecule has 2 aromatic rings. The lowest BCUT2D eigenvalue weighted by molar-refractivity contribution is -0.116. The highest BCUT2D eigenvalue weighted by molar-refractivity contribution is 7.14. The minimum Gasteiger partial charge on any atom is -0.442 e. The number of rotatable bonds is 5. The van der Waals surface area contributed by atoms with Crippen molar-refractivity contribution in [1.29, 1.82) is 0 Å². The van der Waals surface area contributed by atoms with E-state index in [0.29, 0.717) is 13.1 Å². The monoisotopic (exact) mass is 328 g/mol. The van der Waals surface area contributed by atoms with Crippen LogP contribution in [0.4, 0.5) is 9.80 Å². The summed E-state index contributed by atoms with van der Waals surface area (Å²) in [4.78, 5) is 25.2. The van der Waals surface area contributed by atoms with Crippen LogP contribution < -0.4 is 10.2 Å². The van der Waals surface area contributed by atoms with Crippen LogP contribution in [-0.2, 0) is 9.53 Å². The first-order valence-electron chi connectivity index (χ1n) is 7.25. The Morgan fingerprint density at radius 2 is 2.13 bits per heavy atom. The Balaban J connectivity index is 1.48. The van der Waals surface area contributed by atoms with Crippen LogP contribution in [0, 0.1) is 0 Å². The molecule has 1 fully saturated rings. The van der Waals surface area contributed by atoms with E-state index in [1.54, 1.807) is 11.0 Å². The van der Waals surface area contributed by atoms with Crippen LogP contribution in [-0.4, -0.2) is 31.2 Å². The van der Waals surface area contributed by atoms with E-state index in [1.807, 2.05) is 47.8 Å². The summed E-state index contributed by atoms with van der Waals surface area (Å²) in [6.45, 7) is 0.744. The van der Waals surface area contributed by atoms with Crippen LogP contribution in [0.25, 0.3) is 6.08 Å². The SMILES string of the molecule is O=C(/C=C/c1ccccc1)NCC1CN(c2cccs2)C(=O)O1. The van der Waals surface area contributed by atoms with Gasteiger partial charge in [0.25, 0.3) is 0 Å². The lowest BCUT2D eigenvalue weighted by Crippen LogP contribution is -2.33. The molecule has 1 aromatic carbocycles. The molecule has 3 rings (SSSR count). The summed E-state index contributed by atoms with van der Waals surface area (Å²) in [6, 6.07) is 13.3. The lowest BCUT2D eigenvalue weighted by Gasteiger charge is -2.09. The van der Waals surface area contributed by atoms with Crippen LogP contribution >= 0.6 is 11.3 Å². The average molecular weight is 328 g/mol. The molecule has 2 heterocycles. The molecule has 23 heavy (non-hydrogen) atoms. The Kier molecular flexibility index (Phi) is 4.73. The maximum Gasteiger partial charge on any atom is 0.415 e. The molecule has 0 spiro atoms. The molecule has 1 atom stereocenters. The van der Waals surface area contributed by atoms with Gasteiger partial charge in [0.15, 0.2) is 0 Å². The highest BCUT2D eigenvalue weighted by Crippen LogP contribution is 2.25. The zero-order valence-corrected chi connectivity index (χ0v) is 13.2. The molecule has 0 aliphatic carbocycles. The van der Waals surface area contributed by atoms with Crippen molar-refractivity contribution in [3.05, 3.63) is 59.5 Å². The number of carbonyl (C=O) groups is 2. The number of carbonyl (C=O) groups excluding carboxylic acids is 2. The number of anilines is 1. The Bertz CT molecular complexity index is 698. The second-order valence-electron chi connectivity index (χ2n) is 5.06. The second kappa shape index (κ2) is 7.11. The molecule has 0 saturated carbocycles. The lowest BCUT2D eigenvalue weighted by atomic mass is 10.2. The number of nitrogens with zero attached hydrogens (tertiary/aromatic N) is 1. The molecule has 1 saturated heterocycles. The second-order valence-corrected chi connectivity index (χ2v) is 5.98. The van der Waals surface area contributed by atoms with Crippen molar-refractivity contribution in [2.24, 2.45) is 0 Å². The molecule has 118 valence electrons. The first-order chi connectivity index (χ1) is 11.2. The molecular formula is C17H16N2O3S. The fourth-order valence-electron chi connectivity index (χ4n) is 2.24. The molecule has 2 amide bonds. The standard InChI is InChI=1S/C17H16N2O3S/c20-15(9-8-13-5-2-1-3-6-13)18-11-14-12-19(17(21)22-14)16-7-4-10-23-16/h1-10,14H,11-12H2,(H,18,20)/b9-8+. The predicted molar refractivity (Wildman–Crippen MR) is 90.4 cm³/mol. The summed E-state index contributed by atoms with van der Waals surface area (Å²) in [7, 11) is 0. The van der Waals surface area contributed by atoms with Crippen LogP contribution in [0.2, 0.25) is 0 Å². The van der Waals surface area contributed by atoms with Gasteiger partial charge in [-0.2, -0.15) is 0 Å². The van der Waals surface area contributed by atoms with Gasteiger partial charge in [-0.15, -0.1) is 11.3 Å². The van der Waals surface area contributed by atoms with Crippen LogP contribution in [0.5, 0.6) is 0 Å². The fraction of sp³-hybridized carbons (Fsp3) is 0.176. The van der Waals surface area contributed by atoms with Gasteiger partial charge >= 0.3 is 6.09 Å². The minimum absolute atomic E-state index is 0.209. The summed E-state index contributed by atoms with van der Waals surface area (Å²) < 4.78 is 5.27. The van der Waals surface area contributed by atoms with E-state index < -0.39 is 0 Å². The largest absolute Gasteiger partial charge is 0.442 e. The van der Waals surface area contributed by atoms with Gasteiger partial charge in [-0.3, -0.25) is 9.69 Å². The topological polar surface area (TPSA) is 58.6 Å². The minimum atomic E-state index is -0.369. The van der Waals surface area contributed by atoms with E-state index in [1.165, 1.54) is 17.4 Å². The maximum atomic E-state index is 11.8. The highest BCUT2D eigenvalue weighted by Gasteiger charge is 2.32. The first kappa shape index (κ1) is 15.3. The van der Waals surface area contributed by atoms with Crippen molar-refractivity contribution in [1.82, 2.24) is 5.32 Å². The Morgan fingerprint density at radius 1 is 1.30 bits per heavy atom. The number of hydrogen-bond acceptors (Lipinski definition) is 4. The molecule has 6 heteroatoms. The number of ether oxygens (including phenoxy) is 1. The highest BCUT2D eigenvalue weighted by atomic mass is 32.1. The quantitative estimate of drug-likeness (QED) is 0.859. The van der Waals surface area contributed by atoms with Crippen molar-refractivity contribution in [3.8, 4) is 0 Å². The van der Waals surface area contributed by atoms with Crippen LogP contribution in [0.3, 0.4) is 0 Å². The van der Waals surface area contributed by atoms with E-state index >= 15 is 0 Å². The summed E-state index contributed by atoms with van der Waals surface area (Å²) in [6.07, 6.45) is 2.52. The van der Waals surface area contributed by atoms with E-state index in [-0.39, 0.29) is 18.1 Å². The number of hydrogen-bond donors (Lipinski definition) is 1. The zero-order chi connectivity index (χ0) is 16.1. The normalized spacial score (nSPS) is 17.5. The molecule has 5 nitrogen and oxygen atoms in total. The number of benzene rings is 1. The third kappa shape index (κ3) is 3.98. The van der Waals surface area contributed by atoms with Gasteiger partial charge in [0.1, 0.15) is 11.1 Å². The number of nitrogens with one attached hydrogen (secondary N) is 1. The van der Waals surface area contributed by atoms with Gasteiger partial charge in [0.05, 0.1) is 13.1 Å². The molecular weight excluding hydrogens is 312 g/mol. The van der Waals surface area contributed by atoms with Crippen molar-refractivity contribution < 1.29 is 14.3 Å². The third-order valence-corrected chi connectivity index (χ3v) is 4.27. The van der Waals surface area contributed by atoms with Crippen LogP contribution in [0.1, 0.15) is 5.56 Å². The Labute approximate surface area is 138 Å². The van der Waals surface area contributed by atoms with Crippen molar-refractivity contribution in [2.75, 3.05) is 18.0 Å². The van der Waals surface area contributed by atoms with Crippen molar-refractivity contribution in [2.45, 2.75) is 6.10 Å². The third-order valence-electron chi connectivity index (χ3n) is 3.38. The summed E-state index contributed by atoms with van der Waals surface area (Å²) >= 11 is 1.48.